The van der Waals surface area contributed by atoms with Crippen molar-refractivity contribution >= 4 is 41.3 Å². The van der Waals surface area contributed by atoms with Gasteiger partial charge in [0, 0.05) is 35.4 Å². The molecule has 2 heterocycles. The highest BCUT2D eigenvalue weighted by atomic mass is 35.5. The molecule has 3 N–H and O–H groups in total. The van der Waals surface area contributed by atoms with Gasteiger partial charge in [-0.25, -0.2) is 4.98 Å². The Hall–Kier alpha value is -2.00. The fourth-order valence-electron chi connectivity index (χ4n) is 2.10. The number of hydrogen-bond acceptors (Lipinski definition) is 7. The molecule has 0 aliphatic carbocycles. The van der Waals surface area contributed by atoms with E-state index in [2.05, 4.69) is 20.4 Å². The second kappa shape index (κ2) is 9.63. The van der Waals surface area contributed by atoms with Crippen LogP contribution in [0.4, 0.5) is 0 Å². The number of nitrogens with one attached hydrogen (secondary N) is 1. The van der Waals surface area contributed by atoms with Crippen LogP contribution in [-0.4, -0.2) is 34.1 Å². The Kier molecular flexibility index (Phi) is 7.52. The van der Waals surface area contributed by atoms with Gasteiger partial charge in [-0.1, -0.05) is 16.8 Å². The molecule has 0 unspecified atom stereocenters. The summed E-state index contributed by atoms with van der Waals surface area (Å²) in [6.07, 6.45) is 1.11. The van der Waals surface area contributed by atoms with Gasteiger partial charge in [-0.15, -0.1) is 23.7 Å². The summed E-state index contributed by atoms with van der Waals surface area (Å²) in [6, 6.07) is 7.17. The molecule has 0 aliphatic rings. The average molecular weight is 414 g/mol. The highest BCUT2D eigenvalue weighted by molar-refractivity contribution is 7.09. The van der Waals surface area contributed by atoms with E-state index >= 15 is 0 Å². The zero-order chi connectivity index (χ0) is 17.6. The summed E-state index contributed by atoms with van der Waals surface area (Å²) in [4.78, 5) is 20.6. The standard InChI is InChI=1S/C16H16ClN5O2S.ClH/c17-11-3-1-10(2-4-11)15-21-13(24-22-15)6-8-19-16(23)12-9-25-14(20-12)5-7-18;/h1-4,9H,5-8,18H2,(H,19,23);1H. The molecule has 0 atom stereocenters. The van der Waals surface area contributed by atoms with Gasteiger partial charge in [0.1, 0.15) is 5.69 Å². The molecule has 0 aliphatic heterocycles. The molecule has 0 radical (unpaired) electrons. The van der Waals surface area contributed by atoms with Crippen LogP contribution in [0.1, 0.15) is 21.4 Å². The van der Waals surface area contributed by atoms with Crippen LogP contribution in [0.2, 0.25) is 5.02 Å². The van der Waals surface area contributed by atoms with E-state index in [4.69, 9.17) is 21.9 Å². The maximum Gasteiger partial charge on any atom is 0.270 e. The normalized spacial score (nSPS) is 10.4. The van der Waals surface area contributed by atoms with E-state index in [-0.39, 0.29) is 18.3 Å². The van der Waals surface area contributed by atoms with Crippen LogP contribution in [0.5, 0.6) is 0 Å². The fraction of sp³-hybridized carbons (Fsp3) is 0.250. The molecule has 10 heteroatoms. The van der Waals surface area contributed by atoms with Crippen LogP contribution in [0.15, 0.2) is 34.2 Å². The van der Waals surface area contributed by atoms with Crippen molar-refractivity contribution in [1.29, 1.82) is 0 Å². The molecular weight excluding hydrogens is 397 g/mol. The molecule has 0 spiro atoms. The lowest BCUT2D eigenvalue weighted by atomic mass is 10.2. The third-order valence-electron chi connectivity index (χ3n) is 3.34. The number of carbonyl (C=O) groups excluding carboxylic acids is 1. The van der Waals surface area contributed by atoms with Gasteiger partial charge in [-0.3, -0.25) is 4.79 Å². The molecule has 0 bridgehead atoms. The summed E-state index contributed by atoms with van der Waals surface area (Å²) in [6.45, 7) is 0.895. The van der Waals surface area contributed by atoms with Gasteiger partial charge in [0.25, 0.3) is 5.91 Å². The van der Waals surface area contributed by atoms with Gasteiger partial charge >= 0.3 is 0 Å². The zero-order valence-corrected chi connectivity index (χ0v) is 16.0. The van der Waals surface area contributed by atoms with Gasteiger partial charge < -0.3 is 15.6 Å². The Balaban J connectivity index is 0.00000243. The SMILES string of the molecule is Cl.NCCc1nc(C(=O)NCCc2nc(-c3ccc(Cl)cc3)no2)cs1. The van der Waals surface area contributed by atoms with E-state index in [1.165, 1.54) is 11.3 Å². The molecule has 26 heavy (non-hydrogen) atoms. The number of nitrogens with two attached hydrogens (primary N) is 1. The number of nitrogens with zero attached hydrogens (tertiary/aromatic N) is 3. The first-order valence-corrected chi connectivity index (χ1v) is 8.92. The van der Waals surface area contributed by atoms with Gasteiger partial charge in [-0.05, 0) is 30.8 Å². The van der Waals surface area contributed by atoms with Crippen molar-refractivity contribution in [2.75, 3.05) is 13.1 Å². The molecule has 0 saturated heterocycles. The third kappa shape index (κ3) is 5.25. The Morgan fingerprint density at radius 1 is 1.23 bits per heavy atom. The predicted octanol–water partition coefficient (Wildman–Crippen LogP) is 2.74. The van der Waals surface area contributed by atoms with E-state index in [9.17, 15) is 4.79 Å². The molecule has 2 aromatic heterocycles. The number of aromatic nitrogens is 3. The minimum absolute atomic E-state index is 0. The van der Waals surface area contributed by atoms with E-state index in [1.807, 2.05) is 12.1 Å². The summed E-state index contributed by atoms with van der Waals surface area (Å²) < 4.78 is 5.20. The quantitative estimate of drug-likeness (QED) is 0.616. The van der Waals surface area contributed by atoms with Crippen molar-refractivity contribution < 1.29 is 9.32 Å². The van der Waals surface area contributed by atoms with Crippen molar-refractivity contribution in [2.45, 2.75) is 12.8 Å². The minimum Gasteiger partial charge on any atom is -0.350 e. The van der Waals surface area contributed by atoms with Gasteiger partial charge in [0.2, 0.25) is 11.7 Å². The number of halogens is 2. The molecule has 7 nitrogen and oxygen atoms in total. The Bertz CT molecular complexity index is 850. The lowest BCUT2D eigenvalue weighted by molar-refractivity contribution is 0.0949. The van der Waals surface area contributed by atoms with E-state index < -0.39 is 0 Å². The van der Waals surface area contributed by atoms with Crippen molar-refractivity contribution in [3.63, 3.8) is 0 Å². The van der Waals surface area contributed by atoms with Gasteiger partial charge in [0.05, 0.1) is 5.01 Å². The first-order chi connectivity index (χ1) is 12.2. The van der Waals surface area contributed by atoms with Crippen LogP contribution in [0.25, 0.3) is 11.4 Å². The topological polar surface area (TPSA) is 107 Å². The number of amides is 1. The number of thiazole rings is 1. The lowest BCUT2D eigenvalue weighted by Crippen LogP contribution is -2.26. The Labute approximate surface area is 165 Å². The van der Waals surface area contributed by atoms with Gasteiger partial charge in [-0.2, -0.15) is 4.98 Å². The van der Waals surface area contributed by atoms with Crippen molar-refractivity contribution in [2.24, 2.45) is 5.73 Å². The number of carbonyl (C=O) groups is 1. The minimum atomic E-state index is -0.225. The summed E-state index contributed by atoms with van der Waals surface area (Å²) in [5.74, 6) is 0.716. The maximum atomic E-state index is 12.0. The summed E-state index contributed by atoms with van der Waals surface area (Å²) in [7, 11) is 0. The fourth-order valence-corrected chi connectivity index (χ4v) is 3.02. The summed E-state index contributed by atoms with van der Waals surface area (Å²) in [5.41, 5.74) is 6.70. The van der Waals surface area contributed by atoms with Crippen molar-refractivity contribution in [1.82, 2.24) is 20.4 Å². The first-order valence-electron chi connectivity index (χ1n) is 7.67. The van der Waals surface area contributed by atoms with Gasteiger partial charge in [0.15, 0.2) is 0 Å². The molecule has 0 saturated carbocycles. The largest absolute Gasteiger partial charge is 0.350 e. The molecule has 3 rings (SSSR count). The second-order valence-electron chi connectivity index (χ2n) is 5.19. The first kappa shape index (κ1) is 20.3. The zero-order valence-electron chi connectivity index (χ0n) is 13.6. The summed E-state index contributed by atoms with van der Waals surface area (Å²) >= 11 is 7.29. The Morgan fingerprint density at radius 3 is 2.73 bits per heavy atom. The smallest absolute Gasteiger partial charge is 0.270 e. The maximum absolute atomic E-state index is 12.0. The van der Waals surface area contributed by atoms with E-state index in [0.29, 0.717) is 48.4 Å². The lowest BCUT2D eigenvalue weighted by Gasteiger charge is -2.00. The van der Waals surface area contributed by atoms with Crippen LogP contribution < -0.4 is 11.1 Å². The average Bonchev–Trinajstić information content (AvgIpc) is 3.26. The molecule has 0 fully saturated rings. The number of hydrogen-bond donors (Lipinski definition) is 2. The predicted molar refractivity (Wildman–Crippen MR) is 103 cm³/mol. The molecule has 1 aromatic carbocycles. The van der Waals surface area contributed by atoms with Crippen LogP contribution in [-0.2, 0) is 12.8 Å². The second-order valence-corrected chi connectivity index (χ2v) is 6.57. The molecular formula is C16H17Cl2N5O2S. The number of benzene rings is 1. The monoisotopic (exact) mass is 413 g/mol. The summed E-state index contributed by atoms with van der Waals surface area (Å²) in [5, 5.41) is 9.95. The molecule has 3 aromatic rings. The van der Waals surface area contributed by atoms with Crippen LogP contribution in [0.3, 0.4) is 0 Å². The van der Waals surface area contributed by atoms with Crippen molar-refractivity contribution in [3.05, 3.63) is 51.3 Å². The Morgan fingerprint density at radius 2 is 2.00 bits per heavy atom. The highest BCUT2D eigenvalue weighted by Gasteiger charge is 2.12. The van der Waals surface area contributed by atoms with Crippen molar-refractivity contribution in [3.8, 4) is 11.4 Å². The van der Waals surface area contributed by atoms with E-state index in [1.54, 1.807) is 17.5 Å². The number of rotatable bonds is 7. The van der Waals surface area contributed by atoms with E-state index in [0.717, 1.165) is 10.6 Å². The van der Waals surface area contributed by atoms with Crippen LogP contribution in [0, 0.1) is 0 Å². The molecule has 138 valence electrons. The third-order valence-corrected chi connectivity index (χ3v) is 4.50. The molecule has 1 amide bonds. The highest BCUT2D eigenvalue weighted by Crippen LogP contribution is 2.18. The van der Waals surface area contributed by atoms with Crippen LogP contribution >= 0.6 is 35.3 Å².